The van der Waals surface area contributed by atoms with E-state index in [-0.39, 0.29) is 24.6 Å². The first-order valence-electron chi connectivity index (χ1n) is 6.06. The number of rotatable bonds is 5. The van der Waals surface area contributed by atoms with Crippen LogP contribution in [0.1, 0.15) is 11.1 Å². The summed E-state index contributed by atoms with van der Waals surface area (Å²) in [6, 6.07) is 9.04. The second-order valence-electron chi connectivity index (χ2n) is 4.25. The molecule has 0 unspecified atom stereocenters. The van der Waals surface area contributed by atoms with Gasteiger partial charge in [0.1, 0.15) is 6.61 Å². The van der Waals surface area contributed by atoms with Gasteiger partial charge in [0.15, 0.2) is 11.6 Å². The largest absolute Gasteiger partial charge is 0.485 e. The molecular formula is C14H12BrFN2O3. The van der Waals surface area contributed by atoms with Crippen LogP contribution in [0.3, 0.4) is 0 Å². The number of hydrogen-bond donors (Lipinski definition) is 1. The quantitative estimate of drug-likeness (QED) is 0.657. The number of nitrogens with zero attached hydrogens (tertiary/aromatic N) is 1. The Morgan fingerprint density at radius 3 is 2.71 bits per heavy atom. The molecule has 0 radical (unpaired) electrons. The van der Waals surface area contributed by atoms with Crippen LogP contribution < -0.4 is 10.5 Å². The number of hydrogen-bond acceptors (Lipinski definition) is 4. The van der Waals surface area contributed by atoms with E-state index in [0.717, 1.165) is 0 Å². The summed E-state index contributed by atoms with van der Waals surface area (Å²) in [6.45, 7) is 0.00700. The second kappa shape index (κ2) is 6.64. The smallest absolute Gasteiger partial charge is 0.277 e. The molecule has 2 rings (SSSR count). The van der Waals surface area contributed by atoms with Crippen LogP contribution in [0.2, 0.25) is 0 Å². The first-order valence-corrected chi connectivity index (χ1v) is 6.85. The van der Waals surface area contributed by atoms with Crippen molar-refractivity contribution in [3.63, 3.8) is 0 Å². The predicted molar refractivity (Wildman–Crippen MR) is 79.4 cm³/mol. The molecule has 0 aliphatic carbocycles. The SMILES string of the molecule is NCc1cccc(F)c1OCc1ccc(Br)cc1[N+](=O)[O-]. The van der Waals surface area contributed by atoms with Crippen molar-refractivity contribution in [2.75, 3.05) is 0 Å². The van der Waals surface area contributed by atoms with Crippen molar-refractivity contribution in [1.82, 2.24) is 0 Å². The molecule has 0 aliphatic heterocycles. The number of ether oxygens (including phenoxy) is 1. The molecule has 0 spiro atoms. The summed E-state index contributed by atoms with van der Waals surface area (Å²) < 4.78 is 19.7. The van der Waals surface area contributed by atoms with Gasteiger partial charge < -0.3 is 10.5 Å². The second-order valence-corrected chi connectivity index (χ2v) is 5.17. The van der Waals surface area contributed by atoms with Crippen LogP contribution in [0.4, 0.5) is 10.1 Å². The van der Waals surface area contributed by atoms with Gasteiger partial charge in [-0.05, 0) is 18.2 Å². The molecule has 5 nitrogen and oxygen atoms in total. The summed E-state index contributed by atoms with van der Waals surface area (Å²) >= 11 is 3.17. The molecule has 0 amide bonds. The van der Waals surface area contributed by atoms with Gasteiger partial charge in [-0.1, -0.05) is 28.1 Å². The molecule has 2 aromatic carbocycles. The Morgan fingerprint density at radius 1 is 1.29 bits per heavy atom. The average molecular weight is 355 g/mol. The third-order valence-electron chi connectivity index (χ3n) is 2.88. The number of benzene rings is 2. The minimum absolute atomic E-state index is 0.0252. The zero-order valence-electron chi connectivity index (χ0n) is 10.9. The first-order chi connectivity index (χ1) is 10.0. The minimum atomic E-state index is -0.544. The van der Waals surface area contributed by atoms with Crippen molar-refractivity contribution in [3.8, 4) is 5.75 Å². The lowest BCUT2D eigenvalue weighted by molar-refractivity contribution is -0.385. The Balaban J connectivity index is 2.27. The van der Waals surface area contributed by atoms with Crippen molar-refractivity contribution in [2.24, 2.45) is 5.73 Å². The monoisotopic (exact) mass is 354 g/mol. The predicted octanol–water partition coefficient (Wildman–Crippen LogP) is 3.53. The van der Waals surface area contributed by atoms with Gasteiger partial charge in [0.05, 0.1) is 10.5 Å². The molecule has 0 saturated carbocycles. The lowest BCUT2D eigenvalue weighted by Crippen LogP contribution is -2.06. The number of halogens is 2. The van der Waals surface area contributed by atoms with E-state index in [1.807, 2.05) is 0 Å². The van der Waals surface area contributed by atoms with Crippen LogP contribution in [0.25, 0.3) is 0 Å². The summed E-state index contributed by atoms with van der Waals surface area (Å²) in [5.74, 6) is -0.519. The first kappa shape index (κ1) is 15.4. The lowest BCUT2D eigenvalue weighted by Gasteiger charge is -2.11. The molecule has 7 heteroatoms. The maximum atomic E-state index is 13.7. The fourth-order valence-corrected chi connectivity index (χ4v) is 2.20. The summed E-state index contributed by atoms with van der Waals surface area (Å²) in [5, 5.41) is 11.0. The molecule has 0 atom stereocenters. The molecule has 2 N–H and O–H groups in total. The van der Waals surface area contributed by atoms with Crippen molar-refractivity contribution in [1.29, 1.82) is 0 Å². The molecule has 110 valence electrons. The number of nitrogens with two attached hydrogens (primary N) is 1. The highest BCUT2D eigenvalue weighted by molar-refractivity contribution is 9.10. The fraction of sp³-hybridized carbons (Fsp3) is 0.143. The Morgan fingerprint density at radius 2 is 2.05 bits per heavy atom. The van der Waals surface area contributed by atoms with Gasteiger partial charge in [-0.15, -0.1) is 0 Å². The van der Waals surface area contributed by atoms with Crippen LogP contribution in [0.5, 0.6) is 5.75 Å². The summed E-state index contributed by atoms with van der Waals surface area (Å²) in [6.07, 6.45) is 0. The molecule has 0 saturated heterocycles. The minimum Gasteiger partial charge on any atom is -0.485 e. The molecule has 0 heterocycles. The number of nitro benzene ring substituents is 1. The van der Waals surface area contributed by atoms with Crippen molar-refractivity contribution < 1.29 is 14.1 Å². The maximum absolute atomic E-state index is 13.7. The highest BCUT2D eigenvalue weighted by Crippen LogP contribution is 2.27. The molecular weight excluding hydrogens is 343 g/mol. The summed E-state index contributed by atoms with van der Waals surface area (Å²) in [7, 11) is 0. The van der Waals surface area contributed by atoms with Gasteiger partial charge in [0.25, 0.3) is 5.69 Å². The van der Waals surface area contributed by atoms with E-state index in [1.165, 1.54) is 18.2 Å². The number of nitro groups is 1. The van der Waals surface area contributed by atoms with Crippen LogP contribution in [0, 0.1) is 15.9 Å². The zero-order chi connectivity index (χ0) is 15.4. The van der Waals surface area contributed by atoms with Gasteiger partial charge >= 0.3 is 0 Å². The van der Waals surface area contributed by atoms with Crippen LogP contribution in [-0.4, -0.2) is 4.92 Å². The van der Waals surface area contributed by atoms with Crippen molar-refractivity contribution >= 4 is 21.6 Å². The molecule has 0 fully saturated rings. The molecule has 0 aliphatic rings. The summed E-state index contributed by atoms with van der Waals surface area (Å²) in [4.78, 5) is 10.5. The highest BCUT2D eigenvalue weighted by atomic mass is 79.9. The average Bonchev–Trinajstić information content (AvgIpc) is 2.46. The topological polar surface area (TPSA) is 78.4 Å². The number of para-hydroxylation sites is 1. The molecule has 21 heavy (non-hydrogen) atoms. The maximum Gasteiger partial charge on any atom is 0.277 e. The van der Waals surface area contributed by atoms with Crippen molar-refractivity contribution in [2.45, 2.75) is 13.2 Å². The van der Waals surface area contributed by atoms with Gasteiger partial charge in [-0.3, -0.25) is 10.1 Å². The Labute approximate surface area is 128 Å². The van der Waals surface area contributed by atoms with E-state index in [4.69, 9.17) is 10.5 Å². The van der Waals surface area contributed by atoms with Gasteiger partial charge in [0, 0.05) is 22.6 Å². The van der Waals surface area contributed by atoms with Crippen molar-refractivity contribution in [3.05, 3.63) is 67.9 Å². The van der Waals surface area contributed by atoms with Gasteiger partial charge in [0.2, 0.25) is 0 Å². The van der Waals surface area contributed by atoms with E-state index in [2.05, 4.69) is 15.9 Å². The Hall–Kier alpha value is -1.99. The molecule has 0 bridgehead atoms. The van der Waals surface area contributed by atoms with Crippen LogP contribution >= 0.6 is 15.9 Å². The van der Waals surface area contributed by atoms with Crippen LogP contribution in [-0.2, 0) is 13.2 Å². The molecule has 2 aromatic rings. The van der Waals surface area contributed by atoms with E-state index in [0.29, 0.717) is 15.6 Å². The van der Waals surface area contributed by atoms with E-state index >= 15 is 0 Å². The molecule has 0 aromatic heterocycles. The third kappa shape index (κ3) is 3.56. The summed E-state index contributed by atoms with van der Waals surface area (Å²) in [5.41, 5.74) is 6.30. The Bertz CT molecular complexity index is 679. The zero-order valence-corrected chi connectivity index (χ0v) is 12.5. The van der Waals surface area contributed by atoms with Gasteiger partial charge in [-0.25, -0.2) is 4.39 Å². The lowest BCUT2D eigenvalue weighted by atomic mass is 10.1. The van der Waals surface area contributed by atoms with E-state index < -0.39 is 10.7 Å². The Kier molecular flexibility index (Phi) is 4.87. The van der Waals surface area contributed by atoms with Crippen LogP contribution in [0.15, 0.2) is 40.9 Å². The standard InChI is InChI=1S/C14H12BrFN2O3/c15-11-5-4-10(13(6-11)18(19)20)8-21-14-9(7-17)2-1-3-12(14)16/h1-6H,7-8,17H2. The van der Waals surface area contributed by atoms with E-state index in [1.54, 1.807) is 18.2 Å². The fourth-order valence-electron chi connectivity index (χ4n) is 1.85. The highest BCUT2D eigenvalue weighted by Gasteiger charge is 2.16. The normalized spacial score (nSPS) is 10.4. The van der Waals surface area contributed by atoms with Gasteiger partial charge in [-0.2, -0.15) is 0 Å². The van der Waals surface area contributed by atoms with E-state index in [9.17, 15) is 14.5 Å². The third-order valence-corrected chi connectivity index (χ3v) is 3.38.